The molecule has 4 heterocycles. The molecule has 9 nitrogen and oxygen atoms in total. The van der Waals surface area contributed by atoms with Gasteiger partial charge in [-0.25, -0.2) is 18.2 Å². The van der Waals surface area contributed by atoms with Gasteiger partial charge in [0, 0.05) is 57.9 Å². The third kappa shape index (κ3) is 5.41. The second kappa shape index (κ2) is 9.95. The van der Waals surface area contributed by atoms with Crippen LogP contribution in [0.5, 0.6) is 0 Å². The standard InChI is InChI=1S/C28H36N6O3S/c1-28(2,3)19-34-25-8-7-24(30-26(25)31(4)27(34)35)23-15-20(5-6-21(23)16-29)17-32-10-12-33(13-11-32)22-9-14-38(36,37)18-22/h5-8,15,22H,9-14,17-19H2,1-4H3. The van der Waals surface area contributed by atoms with Crippen LogP contribution in [-0.4, -0.2) is 76.1 Å². The van der Waals surface area contributed by atoms with Gasteiger partial charge in [0.05, 0.1) is 34.3 Å². The third-order valence-electron chi connectivity index (χ3n) is 7.63. The maximum absolute atomic E-state index is 12.9. The second-order valence-corrected chi connectivity index (χ2v) is 14.1. The molecule has 1 aromatic carbocycles. The number of rotatable bonds is 5. The number of hydrogen-bond donors (Lipinski definition) is 0. The van der Waals surface area contributed by atoms with Gasteiger partial charge in [-0.3, -0.25) is 18.9 Å². The Kier molecular flexibility index (Phi) is 6.97. The Morgan fingerprint density at radius 3 is 2.47 bits per heavy atom. The zero-order chi connectivity index (χ0) is 27.2. The Labute approximate surface area is 224 Å². The van der Waals surface area contributed by atoms with Gasteiger partial charge in [0.25, 0.3) is 0 Å². The SMILES string of the molecule is Cn1c(=O)n(CC(C)(C)C)c2ccc(-c3cc(CN4CCN(C5CCS(=O)(=O)C5)CC4)ccc3C#N)nc21. The van der Waals surface area contributed by atoms with E-state index in [-0.39, 0.29) is 22.9 Å². The van der Waals surface area contributed by atoms with Gasteiger partial charge in [-0.1, -0.05) is 26.8 Å². The predicted molar refractivity (Wildman–Crippen MR) is 148 cm³/mol. The van der Waals surface area contributed by atoms with Gasteiger partial charge in [-0.15, -0.1) is 0 Å². The van der Waals surface area contributed by atoms with Gasteiger partial charge in [0.1, 0.15) is 0 Å². The summed E-state index contributed by atoms with van der Waals surface area (Å²) in [5.74, 6) is 0.593. The molecule has 0 saturated carbocycles. The van der Waals surface area contributed by atoms with Gasteiger partial charge in [0.2, 0.25) is 0 Å². The lowest BCUT2D eigenvalue weighted by Crippen LogP contribution is -2.50. The van der Waals surface area contributed by atoms with Gasteiger partial charge >= 0.3 is 5.69 Å². The molecule has 5 rings (SSSR count). The molecule has 0 radical (unpaired) electrons. The number of benzene rings is 1. The van der Waals surface area contributed by atoms with Crippen molar-refractivity contribution in [2.45, 2.75) is 46.3 Å². The number of fused-ring (bicyclic) bond motifs is 1. The van der Waals surface area contributed by atoms with E-state index in [4.69, 9.17) is 4.98 Å². The van der Waals surface area contributed by atoms with Gasteiger partial charge in [-0.05, 0) is 41.7 Å². The first-order chi connectivity index (χ1) is 17.9. The number of pyridine rings is 1. The summed E-state index contributed by atoms with van der Waals surface area (Å²) in [7, 11) is -1.14. The molecule has 0 bridgehead atoms. The number of sulfone groups is 1. The molecule has 0 amide bonds. The van der Waals surface area contributed by atoms with Crippen LogP contribution in [0.4, 0.5) is 0 Å². The van der Waals surface area contributed by atoms with Gasteiger partial charge < -0.3 is 0 Å². The van der Waals surface area contributed by atoms with Crippen LogP contribution in [0, 0.1) is 16.7 Å². The zero-order valence-electron chi connectivity index (χ0n) is 22.6. The minimum absolute atomic E-state index is 0.0562. The fraction of sp³-hybridized carbons (Fsp3) is 0.536. The molecule has 1 atom stereocenters. The molecule has 2 aliphatic heterocycles. The van der Waals surface area contributed by atoms with Crippen molar-refractivity contribution in [2.24, 2.45) is 12.5 Å². The number of aryl methyl sites for hydroxylation is 1. The molecule has 0 aliphatic carbocycles. The largest absolute Gasteiger partial charge is 0.330 e. The Bertz CT molecular complexity index is 1570. The molecule has 2 fully saturated rings. The van der Waals surface area contributed by atoms with Crippen LogP contribution in [0.1, 0.15) is 38.3 Å². The monoisotopic (exact) mass is 536 g/mol. The van der Waals surface area contributed by atoms with E-state index in [0.29, 0.717) is 29.2 Å². The number of nitrogens with zero attached hydrogens (tertiary/aromatic N) is 6. The highest BCUT2D eigenvalue weighted by Gasteiger charge is 2.33. The minimum Gasteiger partial charge on any atom is -0.297 e. The lowest BCUT2D eigenvalue weighted by molar-refractivity contribution is 0.100. The molecule has 202 valence electrons. The normalized spacial score (nSPS) is 20.7. The Morgan fingerprint density at radius 2 is 1.84 bits per heavy atom. The molecule has 2 aromatic heterocycles. The maximum atomic E-state index is 12.9. The first-order valence-electron chi connectivity index (χ1n) is 13.2. The minimum atomic E-state index is -2.88. The Balaban J connectivity index is 1.36. The van der Waals surface area contributed by atoms with Crippen molar-refractivity contribution < 1.29 is 8.42 Å². The number of nitriles is 1. The van der Waals surface area contributed by atoms with E-state index >= 15 is 0 Å². The number of aromatic nitrogens is 3. The molecule has 3 aromatic rings. The van der Waals surface area contributed by atoms with Gasteiger partial charge in [0.15, 0.2) is 15.5 Å². The summed E-state index contributed by atoms with van der Waals surface area (Å²) in [6.07, 6.45) is 0.740. The summed E-state index contributed by atoms with van der Waals surface area (Å²) in [4.78, 5) is 22.5. The number of imidazole rings is 1. The van der Waals surface area contributed by atoms with Gasteiger partial charge in [-0.2, -0.15) is 5.26 Å². The van der Waals surface area contributed by atoms with Crippen LogP contribution in [-0.2, 0) is 30.0 Å². The lowest BCUT2D eigenvalue weighted by Gasteiger charge is -2.37. The van der Waals surface area contributed by atoms with E-state index in [1.807, 2.05) is 30.3 Å². The quantitative estimate of drug-likeness (QED) is 0.494. The van der Waals surface area contributed by atoms with Crippen molar-refractivity contribution in [1.29, 1.82) is 5.26 Å². The summed E-state index contributed by atoms with van der Waals surface area (Å²) in [5, 5.41) is 9.81. The van der Waals surface area contributed by atoms with Crippen LogP contribution in [0.25, 0.3) is 22.4 Å². The first kappa shape index (κ1) is 26.6. The van der Waals surface area contributed by atoms with Crippen LogP contribution < -0.4 is 5.69 Å². The molecule has 1 unspecified atom stereocenters. The zero-order valence-corrected chi connectivity index (χ0v) is 23.5. The summed E-state index contributed by atoms with van der Waals surface area (Å²) < 4.78 is 27.1. The highest BCUT2D eigenvalue weighted by Crippen LogP contribution is 2.27. The summed E-state index contributed by atoms with van der Waals surface area (Å²) in [6.45, 7) is 11.1. The van der Waals surface area contributed by atoms with Crippen molar-refractivity contribution in [2.75, 3.05) is 37.7 Å². The second-order valence-electron chi connectivity index (χ2n) is 11.9. The van der Waals surface area contributed by atoms with E-state index in [9.17, 15) is 18.5 Å². The predicted octanol–water partition coefficient (Wildman–Crippen LogP) is 2.62. The van der Waals surface area contributed by atoms with E-state index in [2.05, 4.69) is 36.6 Å². The van der Waals surface area contributed by atoms with E-state index < -0.39 is 9.84 Å². The summed E-state index contributed by atoms with van der Waals surface area (Å²) in [6, 6.07) is 12.2. The van der Waals surface area contributed by atoms with Crippen LogP contribution in [0.2, 0.25) is 0 Å². The van der Waals surface area contributed by atoms with E-state index in [1.165, 1.54) is 0 Å². The number of piperazine rings is 1. The molecule has 0 N–H and O–H groups in total. The van der Waals surface area contributed by atoms with Crippen molar-refractivity contribution in [3.63, 3.8) is 0 Å². The van der Waals surface area contributed by atoms with Crippen molar-refractivity contribution in [3.8, 4) is 17.3 Å². The fourth-order valence-corrected chi connectivity index (χ4v) is 7.42. The molecular formula is C28H36N6O3S. The third-order valence-corrected chi connectivity index (χ3v) is 9.38. The highest BCUT2D eigenvalue weighted by molar-refractivity contribution is 7.91. The average molecular weight is 537 g/mol. The first-order valence-corrected chi connectivity index (χ1v) is 15.0. The van der Waals surface area contributed by atoms with Crippen LogP contribution in [0.15, 0.2) is 35.1 Å². The molecule has 10 heteroatoms. The average Bonchev–Trinajstić information content (AvgIpc) is 3.35. The van der Waals surface area contributed by atoms with E-state index in [1.54, 1.807) is 16.2 Å². The smallest absolute Gasteiger partial charge is 0.297 e. The fourth-order valence-electron chi connectivity index (χ4n) is 5.66. The van der Waals surface area contributed by atoms with Crippen LogP contribution >= 0.6 is 0 Å². The summed E-state index contributed by atoms with van der Waals surface area (Å²) >= 11 is 0. The summed E-state index contributed by atoms with van der Waals surface area (Å²) in [5.41, 5.74) is 4.32. The topological polar surface area (TPSA) is 104 Å². The Hall–Kier alpha value is -3.00. The van der Waals surface area contributed by atoms with Crippen molar-refractivity contribution in [3.05, 3.63) is 51.9 Å². The highest BCUT2D eigenvalue weighted by atomic mass is 32.2. The molecular weight excluding hydrogens is 500 g/mol. The molecule has 2 saturated heterocycles. The lowest BCUT2D eigenvalue weighted by atomic mass is 9.97. The van der Waals surface area contributed by atoms with Crippen molar-refractivity contribution >= 4 is 21.0 Å². The molecule has 38 heavy (non-hydrogen) atoms. The number of hydrogen-bond acceptors (Lipinski definition) is 7. The Morgan fingerprint density at radius 1 is 1.11 bits per heavy atom. The van der Waals surface area contributed by atoms with Crippen LogP contribution in [0.3, 0.4) is 0 Å². The molecule has 2 aliphatic rings. The maximum Gasteiger partial charge on any atom is 0.330 e. The van der Waals surface area contributed by atoms with Crippen molar-refractivity contribution in [1.82, 2.24) is 23.9 Å². The molecule has 0 spiro atoms. The van der Waals surface area contributed by atoms with E-state index in [0.717, 1.165) is 55.8 Å².